The molecule has 2 fully saturated rings. The van der Waals surface area contributed by atoms with Gasteiger partial charge in [-0.2, -0.15) is 0 Å². The van der Waals surface area contributed by atoms with Crippen molar-refractivity contribution in [1.82, 2.24) is 4.90 Å². The number of anilines is 2. The van der Waals surface area contributed by atoms with Crippen LogP contribution in [0.4, 0.5) is 16.2 Å². The number of benzene rings is 2. The summed E-state index contributed by atoms with van der Waals surface area (Å²) in [4.78, 5) is 54.5. The number of imide groups is 2. The summed E-state index contributed by atoms with van der Waals surface area (Å²) in [5.74, 6) is -1.55. The first-order valence-corrected chi connectivity index (χ1v) is 10.3. The van der Waals surface area contributed by atoms with Gasteiger partial charge in [0.05, 0.1) is 31.9 Å². The van der Waals surface area contributed by atoms with Crippen LogP contribution in [0.5, 0.6) is 0 Å². The molecule has 8 heteroatoms. The normalized spacial score (nSPS) is 17.6. The lowest BCUT2D eigenvalue weighted by molar-refractivity contribution is -0.907. The summed E-state index contributed by atoms with van der Waals surface area (Å²) < 4.78 is 0. The molecule has 2 aliphatic heterocycles. The molecule has 8 nitrogen and oxygen atoms in total. The molecular weight excluding hydrogens is 396 g/mol. The Morgan fingerprint density at radius 3 is 2.03 bits per heavy atom. The molecule has 4 amide bonds. The van der Waals surface area contributed by atoms with E-state index in [0.717, 1.165) is 52.1 Å². The maximum atomic E-state index is 12.8. The number of rotatable bonds is 5. The van der Waals surface area contributed by atoms with Crippen molar-refractivity contribution in [2.24, 2.45) is 0 Å². The van der Waals surface area contributed by atoms with Gasteiger partial charge in [-0.1, -0.05) is 17.7 Å². The van der Waals surface area contributed by atoms with Gasteiger partial charge in [-0.25, -0.2) is 14.6 Å². The Kier molecular flexibility index (Phi) is 5.56. The average Bonchev–Trinajstić information content (AvgIpc) is 2.98. The van der Waals surface area contributed by atoms with E-state index in [1.165, 1.54) is 0 Å². The molecule has 160 valence electrons. The first kappa shape index (κ1) is 20.7. The van der Waals surface area contributed by atoms with E-state index in [4.69, 9.17) is 0 Å². The minimum atomic E-state index is -0.808. The van der Waals surface area contributed by atoms with Crippen molar-refractivity contribution < 1.29 is 24.1 Å². The third-order valence-corrected chi connectivity index (χ3v) is 5.84. The number of Topliss-reactive ketones (excluding diaryl/α,β-unsaturated/α-hetero) is 1. The molecule has 31 heavy (non-hydrogen) atoms. The lowest BCUT2D eigenvalue weighted by Gasteiger charge is -2.34. The fourth-order valence-corrected chi connectivity index (χ4v) is 3.94. The Hall–Kier alpha value is -3.52. The van der Waals surface area contributed by atoms with Crippen molar-refractivity contribution in [1.29, 1.82) is 0 Å². The third kappa shape index (κ3) is 4.06. The summed E-state index contributed by atoms with van der Waals surface area (Å²) in [7, 11) is 0. The lowest BCUT2D eigenvalue weighted by Crippen LogP contribution is -3.16. The van der Waals surface area contributed by atoms with Crippen molar-refractivity contribution >= 4 is 35.0 Å². The first-order chi connectivity index (χ1) is 14.8. The van der Waals surface area contributed by atoms with Crippen LogP contribution in [0.3, 0.4) is 0 Å². The van der Waals surface area contributed by atoms with Crippen molar-refractivity contribution in [2.45, 2.75) is 13.8 Å². The molecule has 0 radical (unpaired) electrons. The number of carbonyl (C=O) groups excluding carboxylic acids is 4. The quantitative estimate of drug-likeness (QED) is 0.440. The number of hydrogen-bond donors (Lipinski definition) is 1. The SMILES string of the molecule is CC(=O)c1ccc(N2CC[NH+](CN3C(=O)C(=O)N(c4ccc(C)cc4)C3=O)CC2)cc1. The fraction of sp³-hybridized carbons (Fsp3) is 0.304. The van der Waals surface area contributed by atoms with Gasteiger partial charge < -0.3 is 9.80 Å². The first-order valence-electron chi connectivity index (χ1n) is 10.3. The average molecular weight is 421 g/mol. The van der Waals surface area contributed by atoms with E-state index in [2.05, 4.69) is 4.90 Å². The molecule has 0 saturated carbocycles. The maximum absolute atomic E-state index is 12.8. The van der Waals surface area contributed by atoms with Gasteiger partial charge in [-0.3, -0.25) is 14.4 Å². The van der Waals surface area contributed by atoms with Gasteiger partial charge >= 0.3 is 17.8 Å². The molecule has 0 atom stereocenters. The number of amides is 4. The Labute approximate surface area is 180 Å². The van der Waals surface area contributed by atoms with E-state index in [1.807, 2.05) is 31.2 Å². The Morgan fingerprint density at radius 2 is 1.45 bits per heavy atom. The molecule has 2 heterocycles. The highest BCUT2D eigenvalue weighted by atomic mass is 16.2. The van der Waals surface area contributed by atoms with Crippen LogP contribution < -0.4 is 14.7 Å². The van der Waals surface area contributed by atoms with E-state index in [-0.39, 0.29) is 12.5 Å². The second kappa shape index (κ2) is 8.31. The van der Waals surface area contributed by atoms with Gasteiger partial charge in [0.2, 0.25) is 0 Å². The number of aryl methyl sites for hydroxylation is 1. The lowest BCUT2D eigenvalue weighted by atomic mass is 10.1. The second-order valence-electron chi connectivity index (χ2n) is 7.99. The molecular formula is C23H25N4O4+. The summed E-state index contributed by atoms with van der Waals surface area (Å²) in [5, 5.41) is 0. The van der Waals surface area contributed by atoms with Crippen LogP contribution in [0.15, 0.2) is 48.5 Å². The van der Waals surface area contributed by atoms with Crippen molar-refractivity contribution in [3.8, 4) is 0 Å². The molecule has 0 unspecified atom stereocenters. The number of quaternary nitrogens is 1. The van der Waals surface area contributed by atoms with Gasteiger partial charge in [0.15, 0.2) is 12.5 Å². The second-order valence-corrected chi connectivity index (χ2v) is 7.99. The van der Waals surface area contributed by atoms with Crippen molar-refractivity contribution in [3.05, 3.63) is 59.7 Å². The molecule has 0 spiro atoms. The highest BCUT2D eigenvalue weighted by Crippen LogP contribution is 2.22. The van der Waals surface area contributed by atoms with Gasteiger partial charge in [0, 0.05) is 11.3 Å². The summed E-state index contributed by atoms with van der Waals surface area (Å²) >= 11 is 0. The molecule has 0 aromatic heterocycles. The predicted octanol–water partition coefficient (Wildman–Crippen LogP) is 0.855. The number of ketones is 1. The molecule has 2 aromatic carbocycles. The summed E-state index contributed by atoms with van der Waals surface area (Å²) in [6.45, 7) is 6.58. The van der Waals surface area contributed by atoms with Gasteiger partial charge in [0.1, 0.15) is 0 Å². The largest absolute Gasteiger partial charge is 0.360 e. The van der Waals surface area contributed by atoms with Crippen LogP contribution in [0.2, 0.25) is 0 Å². The van der Waals surface area contributed by atoms with Crippen LogP contribution in [0.25, 0.3) is 0 Å². The maximum Gasteiger partial charge on any atom is 0.343 e. The monoisotopic (exact) mass is 421 g/mol. The zero-order valence-corrected chi connectivity index (χ0v) is 17.6. The minimum absolute atomic E-state index is 0.0370. The fourth-order valence-electron chi connectivity index (χ4n) is 3.94. The number of urea groups is 1. The van der Waals surface area contributed by atoms with E-state index in [1.54, 1.807) is 31.2 Å². The zero-order valence-electron chi connectivity index (χ0n) is 17.6. The van der Waals surface area contributed by atoms with Crippen LogP contribution in [-0.4, -0.2) is 61.4 Å². The molecule has 1 N–H and O–H groups in total. The number of nitrogens with zero attached hydrogens (tertiary/aromatic N) is 3. The summed E-state index contributed by atoms with van der Waals surface area (Å²) in [6.07, 6.45) is 0. The summed E-state index contributed by atoms with van der Waals surface area (Å²) in [6, 6.07) is 13.9. The zero-order chi connectivity index (χ0) is 22.1. The number of hydrogen-bond acceptors (Lipinski definition) is 5. The molecule has 0 bridgehead atoms. The van der Waals surface area contributed by atoms with Gasteiger partial charge in [-0.05, 0) is 50.2 Å². The number of nitrogens with one attached hydrogen (secondary N) is 1. The number of piperazine rings is 1. The van der Waals surface area contributed by atoms with Crippen molar-refractivity contribution in [3.63, 3.8) is 0 Å². The molecule has 2 aromatic rings. The van der Waals surface area contributed by atoms with Crippen LogP contribution in [0.1, 0.15) is 22.8 Å². The van der Waals surface area contributed by atoms with Crippen LogP contribution in [0, 0.1) is 6.92 Å². The van der Waals surface area contributed by atoms with Gasteiger partial charge in [0.25, 0.3) is 0 Å². The van der Waals surface area contributed by atoms with Crippen LogP contribution >= 0.6 is 0 Å². The van der Waals surface area contributed by atoms with Gasteiger partial charge in [-0.15, -0.1) is 0 Å². The third-order valence-electron chi connectivity index (χ3n) is 5.84. The van der Waals surface area contributed by atoms with E-state index < -0.39 is 17.8 Å². The standard InChI is InChI=1S/C23H24N4O4/c1-16-3-7-20(8-4-16)27-22(30)21(29)26(23(27)31)15-24-11-13-25(14-12-24)19-9-5-18(6-10-19)17(2)28/h3-10H,11-15H2,1-2H3/p+1. The Morgan fingerprint density at radius 1 is 0.871 bits per heavy atom. The van der Waals surface area contributed by atoms with E-state index >= 15 is 0 Å². The highest BCUT2D eigenvalue weighted by Gasteiger charge is 2.47. The number of carbonyl (C=O) groups is 4. The van der Waals surface area contributed by atoms with Crippen molar-refractivity contribution in [2.75, 3.05) is 42.6 Å². The minimum Gasteiger partial charge on any atom is -0.360 e. The topological polar surface area (TPSA) is 82.4 Å². The van der Waals surface area contributed by atoms with Crippen LogP contribution in [-0.2, 0) is 9.59 Å². The molecule has 2 saturated heterocycles. The predicted molar refractivity (Wildman–Crippen MR) is 115 cm³/mol. The Bertz CT molecular complexity index is 1020. The smallest absolute Gasteiger partial charge is 0.343 e. The molecule has 4 rings (SSSR count). The van der Waals surface area contributed by atoms with E-state index in [9.17, 15) is 19.2 Å². The van der Waals surface area contributed by atoms with E-state index in [0.29, 0.717) is 11.3 Å². The highest BCUT2D eigenvalue weighted by molar-refractivity contribution is 6.52. The molecule has 0 aliphatic carbocycles. The Balaban J connectivity index is 1.38. The molecule has 2 aliphatic rings. The summed E-state index contributed by atoms with van der Waals surface area (Å²) in [5.41, 5.74) is 3.13.